The second-order valence-corrected chi connectivity index (χ2v) is 3.04. The van der Waals surface area contributed by atoms with Crippen LogP contribution >= 0.6 is 0 Å². The van der Waals surface area contributed by atoms with E-state index in [2.05, 4.69) is 0 Å². The summed E-state index contributed by atoms with van der Waals surface area (Å²) in [5.41, 5.74) is 6.01. The Morgan fingerprint density at radius 3 is 2.69 bits per heavy atom. The van der Waals surface area contributed by atoms with Crippen molar-refractivity contribution in [2.75, 3.05) is 6.61 Å². The van der Waals surface area contributed by atoms with Crippen molar-refractivity contribution < 1.29 is 14.3 Å². The quantitative estimate of drug-likeness (QED) is 0.614. The molecule has 1 amide bonds. The molecular weight excluding hydrogens is 206 g/mol. The Hall–Kier alpha value is -2.10. The van der Waals surface area contributed by atoms with Crippen molar-refractivity contribution in [2.45, 2.75) is 6.92 Å². The number of primary amides is 1. The van der Waals surface area contributed by atoms with E-state index in [1.807, 2.05) is 0 Å². The highest BCUT2D eigenvalue weighted by Gasteiger charge is 2.09. The van der Waals surface area contributed by atoms with Crippen LogP contribution in [0.1, 0.15) is 22.8 Å². The van der Waals surface area contributed by atoms with Crippen LogP contribution in [0.3, 0.4) is 0 Å². The fraction of sp³-hybridized carbons (Fsp3) is 0.167. The molecule has 4 nitrogen and oxygen atoms in total. The van der Waals surface area contributed by atoms with Gasteiger partial charge in [-0.15, -0.1) is 0 Å². The predicted molar refractivity (Wildman–Crippen MR) is 60.6 cm³/mol. The summed E-state index contributed by atoms with van der Waals surface area (Å²) in [7, 11) is 0. The average molecular weight is 219 g/mol. The number of carbonyl (C=O) groups excluding carboxylic acids is 2. The van der Waals surface area contributed by atoms with E-state index >= 15 is 0 Å². The summed E-state index contributed by atoms with van der Waals surface area (Å²) in [4.78, 5) is 22.1. The Bertz CT molecular complexity index is 424. The second-order valence-electron chi connectivity index (χ2n) is 3.04. The van der Waals surface area contributed by atoms with E-state index in [1.54, 1.807) is 31.2 Å². The molecule has 0 heterocycles. The number of ether oxygens (including phenoxy) is 1. The smallest absolute Gasteiger partial charge is 0.338 e. The van der Waals surface area contributed by atoms with Crippen molar-refractivity contribution in [3.05, 3.63) is 41.5 Å². The van der Waals surface area contributed by atoms with Gasteiger partial charge in [-0.05, 0) is 24.6 Å². The van der Waals surface area contributed by atoms with E-state index in [4.69, 9.17) is 10.5 Å². The van der Waals surface area contributed by atoms with E-state index < -0.39 is 11.9 Å². The molecule has 0 unspecified atom stereocenters. The average Bonchev–Trinajstić information content (AvgIpc) is 2.27. The van der Waals surface area contributed by atoms with Crippen molar-refractivity contribution in [2.24, 2.45) is 5.73 Å². The van der Waals surface area contributed by atoms with Crippen LogP contribution in [0.4, 0.5) is 0 Å². The normalized spacial score (nSPS) is 10.3. The zero-order valence-corrected chi connectivity index (χ0v) is 8.97. The lowest BCUT2D eigenvalue weighted by atomic mass is 10.1. The van der Waals surface area contributed by atoms with Crippen molar-refractivity contribution in [1.82, 2.24) is 0 Å². The molecule has 84 valence electrons. The van der Waals surface area contributed by atoms with Gasteiger partial charge in [0.05, 0.1) is 12.2 Å². The molecule has 0 aliphatic rings. The van der Waals surface area contributed by atoms with Crippen molar-refractivity contribution >= 4 is 18.0 Å². The first-order valence-electron chi connectivity index (χ1n) is 4.88. The third kappa shape index (κ3) is 3.24. The van der Waals surface area contributed by atoms with Gasteiger partial charge in [0, 0.05) is 6.08 Å². The van der Waals surface area contributed by atoms with Gasteiger partial charge < -0.3 is 10.5 Å². The van der Waals surface area contributed by atoms with Gasteiger partial charge >= 0.3 is 5.97 Å². The van der Waals surface area contributed by atoms with Gasteiger partial charge in [0.15, 0.2) is 0 Å². The molecule has 1 rings (SSSR count). The fourth-order valence-corrected chi connectivity index (χ4v) is 1.21. The maximum atomic E-state index is 11.5. The third-order valence-corrected chi connectivity index (χ3v) is 1.88. The molecule has 0 aliphatic carbocycles. The van der Waals surface area contributed by atoms with Gasteiger partial charge in [0.1, 0.15) is 0 Å². The Morgan fingerprint density at radius 1 is 1.38 bits per heavy atom. The number of carbonyl (C=O) groups is 2. The number of hydrogen-bond donors (Lipinski definition) is 1. The van der Waals surface area contributed by atoms with Crippen LogP contribution in [0, 0.1) is 0 Å². The maximum Gasteiger partial charge on any atom is 0.338 e. The van der Waals surface area contributed by atoms with Gasteiger partial charge in [-0.25, -0.2) is 4.79 Å². The first-order chi connectivity index (χ1) is 7.65. The number of benzene rings is 1. The van der Waals surface area contributed by atoms with Crippen molar-refractivity contribution in [1.29, 1.82) is 0 Å². The summed E-state index contributed by atoms with van der Waals surface area (Å²) < 4.78 is 4.89. The Kier molecular flexibility index (Phi) is 4.27. The molecule has 0 aliphatic heterocycles. The first kappa shape index (κ1) is 12.0. The molecule has 0 radical (unpaired) electrons. The van der Waals surface area contributed by atoms with Crippen LogP contribution in [-0.4, -0.2) is 18.5 Å². The highest BCUT2D eigenvalue weighted by molar-refractivity contribution is 5.96. The monoisotopic (exact) mass is 219 g/mol. The molecule has 2 N–H and O–H groups in total. The predicted octanol–water partition coefficient (Wildman–Crippen LogP) is 1.36. The van der Waals surface area contributed by atoms with Gasteiger partial charge in [-0.2, -0.15) is 0 Å². The second kappa shape index (κ2) is 5.70. The Morgan fingerprint density at radius 2 is 2.06 bits per heavy atom. The summed E-state index contributed by atoms with van der Waals surface area (Å²) >= 11 is 0. The van der Waals surface area contributed by atoms with E-state index in [1.165, 1.54) is 12.2 Å². The van der Waals surface area contributed by atoms with E-state index in [9.17, 15) is 9.59 Å². The molecule has 16 heavy (non-hydrogen) atoms. The number of amides is 1. The zero-order valence-electron chi connectivity index (χ0n) is 8.97. The van der Waals surface area contributed by atoms with E-state index in [0.717, 1.165) is 0 Å². The van der Waals surface area contributed by atoms with Crippen LogP contribution in [-0.2, 0) is 9.53 Å². The first-order valence-corrected chi connectivity index (χ1v) is 4.88. The van der Waals surface area contributed by atoms with Crippen LogP contribution in [0.2, 0.25) is 0 Å². The molecule has 0 spiro atoms. The summed E-state index contributed by atoms with van der Waals surface area (Å²) in [6.45, 7) is 2.05. The fourth-order valence-electron chi connectivity index (χ4n) is 1.21. The maximum absolute atomic E-state index is 11.5. The van der Waals surface area contributed by atoms with Gasteiger partial charge in [-0.3, -0.25) is 4.79 Å². The minimum absolute atomic E-state index is 0.312. The lowest BCUT2D eigenvalue weighted by Crippen LogP contribution is -2.08. The van der Waals surface area contributed by atoms with Crippen LogP contribution < -0.4 is 5.73 Å². The van der Waals surface area contributed by atoms with Gasteiger partial charge in [-0.1, -0.05) is 18.2 Å². The van der Waals surface area contributed by atoms with E-state index in [-0.39, 0.29) is 0 Å². The van der Waals surface area contributed by atoms with Gasteiger partial charge in [0.25, 0.3) is 0 Å². The molecule has 1 aromatic carbocycles. The lowest BCUT2D eigenvalue weighted by molar-refractivity contribution is -0.113. The van der Waals surface area contributed by atoms with E-state index in [0.29, 0.717) is 17.7 Å². The molecule has 1 aromatic rings. The minimum atomic E-state index is -0.557. The molecule has 0 fully saturated rings. The standard InChI is InChI=1S/C12H13NO3/c1-2-16-12(15)10-6-4-3-5-9(10)7-8-11(13)14/h3-8H,2H2,1H3,(H2,13,14)/b8-7-. The zero-order chi connectivity index (χ0) is 12.0. The highest BCUT2D eigenvalue weighted by atomic mass is 16.5. The summed E-state index contributed by atoms with van der Waals surface area (Å²) in [6, 6.07) is 6.85. The number of hydrogen-bond acceptors (Lipinski definition) is 3. The van der Waals surface area contributed by atoms with Crippen LogP contribution in [0.5, 0.6) is 0 Å². The van der Waals surface area contributed by atoms with Crippen molar-refractivity contribution in [3.8, 4) is 0 Å². The Balaban J connectivity index is 3.00. The number of esters is 1. The molecule has 0 bridgehead atoms. The lowest BCUT2D eigenvalue weighted by Gasteiger charge is -2.04. The van der Waals surface area contributed by atoms with Crippen LogP contribution in [0.25, 0.3) is 6.08 Å². The highest BCUT2D eigenvalue weighted by Crippen LogP contribution is 2.12. The molecule has 0 saturated heterocycles. The third-order valence-electron chi connectivity index (χ3n) is 1.88. The molecule has 0 atom stereocenters. The Labute approximate surface area is 93.7 Å². The van der Waals surface area contributed by atoms with Crippen LogP contribution in [0.15, 0.2) is 30.3 Å². The summed E-state index contributed by atoms with van der Waals surface area (Å²) in [5, 5.41) is 0. The molecule has 0 saturated carbocycles. The van der Waals surface area contributed by atoms with Gasteiger partial charge in [0.2, 0.25) is 5.91 Å². The summed E-state index contributed by atoms with van der Waals surface area (Å²) in [6.07, 6.45) is 2.70. The molecule has 0 aromatic heterocycles. The minimum Gasteiger partial charge on any atom is -0.462 e. The van der Waals surface area contributed by atoms with Crippen molar-refractivity contribution in [3.63, 3.8) is 0 Å². The topological polar surface area (TPSA) is 69.4 Å². The molecule has 4 heteroatoms. The SMILES string of the molecule is CCOC(=O)c1ccccc1/C=C\C(N)=O. The molecular formula is C12H13NO3. The number of nitrogens with two attached hydrogens (primary N) is 1. The number of rotatable bonds is 4. The largest absolute Gasteiger partial charge is 0.462 e. The summed E-state index contributed by atoms with van der Waals surface area (Å²) in [5.74, 6) is -0.967.